The van der Waals surface area contributed by atoms with E-state index in [0.717, 1.165) is 26.8 Å². The van der Waals surface area contributed by atoms with Crippen molar-refractivity contribution in [2.45, 2.75) is 23.5 Å². The molecule has 0 bridgehead atoms. The van der Waals surface area contributed by atoms with Gasteiger partial charge in [-0.05, 0) is 76.5 Å². The Bertz CT molecular complexity index is 806. The number of hydrogen-bond acceptors (Lipinski definition) is 2. The number of hydrogen-bond donors (Lipinski definition) is 0. The lowest BCUT2D eigenvalue weighted by atomic mass is 10.0. The van der Waals surface area contributed by atoms with Crippen LogP contribution in [-0.2, 0) is 22.0 Å². The highest BCUT2D eigenvalue weighted by Gasteiger charge is 2.17. The van der Waals surface area contributed by atoms with Gasteiger partial charge in [0.25, 0.3) is 0 Å². The smallest absolute Gasteiger partial charge is 0.182 e. The molecule has 0 aliphatic heterocycles. The zero-order valence-corrected chi connectivity index (χ0v) is 14.7. The molecule has 0 saturated heterocycles. The van der Waals surface area contributed by atoms with Crippen molar-refractivity contribution in [1.29, 1.82) is 0 Å². The fourth-order valence-corrected chi connectivity index (χ4v) is 4.07. The summed E-state index contributed by atoms with van der Waals surface area (Å²) in [6, 6.07) is 10.5. The minimum atomic E-state index is -3.51. The van der Waals surface area contributed by atoms with E-state index >= 15 is 0 Å². The van der Waals surface area contributed by atoms with E-state index in [9.17, 15) is 12.8 Å². The van der Waals surface area contributed by atoms with E-state index in [4.69, 9.17) is 6.42 Å². The van der Waals surface area contributed by atoms with E-state index in [2.05, 4.69) is 28.5 Å². The van der Waals surface area contributed by atoms with Crippen LogP contribution in [0.1, 0.15) is 17.5 Å². The van der Waals surface area contributed by atoms with E-state index < -0.39 is 15.7 Å². The van der Waals surface area contributed by atoms with Crippen molar-refractivity contribution in [2.24, 2.45) is 0 Å². The van der Waals surface area contributed by atoms with Gasteiger partial charge in [0.1, 0.15) is 5.82 Å². The van der Waals surface area contributed by atoms with Crippen molar-refractivity contribution in [1.82, 2.24) is 0 Å². The molecule has 0 radical (unpaired) electrons. The predicted molar refractivity (Wildman–Crippen MR) is 93.6 cm³/mol. The molecule has 0 aliphatic rings. The average molecular weight is 428 g/mol. The van der Waals surface area contributed by atoms with E-state index in [0.29, 0.717) is 12.8 Å². The molecule has 2 rings (SSSR count). The molecule has 2 aromatic carbocycles. The van der Waals surface area contributed by atoms with E-state index in [1.807, 2.05) is 18.2 Å². The third-order valence-electron chi connectivity index (χ3n) is 3.23. The van der Waals surface area contributed by atoms with Gasteiger partial charge in [-0.2, -0.15) is 0 Å². The highest BCUT2D eigenvalue weighted by molar-refractivity contribution is 14.1. The van der Waals surface area contributed by atoms with Crippen LogP contribution in [0.2, 0.25) is 0 Å². The van der Waals surface area contributed by atoms with Crippen LogP contribution in [0.3, 0.4) is 0 Å². The number of aryl methyl sites for hydroxylation is 1. The van der Waals surface area contributed by atoms with Gasteiger partial charge in [-0.1, -0.05) is 6.07 Å². The Morgan fingerprint density at radius 1 is 1.09 bits per heavy atom. The Morgan fingerprint density at radius 3 is 2.41 bits per heavy atom. The molecule has 22 heavy (non-hydrogen) atoms. The van der Waals surface area contributed by atoms with Crippen molar-refractivity contribution in [3.8, 4) is 12.3 Å². The molecule has 5 heteroatoms. The molecule has 114 valence electrons. The van der Waals surface area contributed by atoms with Crippen LogP contribution >= 0.6 is 22.6 Å². The molecule has 0 atom stereocenters. The monoisotopic (exact) mass is 428 g/mol. The first-order valence-corrected chi connectivity index (χ1v) is 9.34. The Balaban J connectivity index is 2.33. The topological polar surface area (TPSA) is 34.1 Å². The van der Waals surface area contributed by atoms with E-state index in [1.165, 1.54) is 12.1 Å². The maximum atomic E-state index is 12.9. The Kier molecular flexibility index (Phi) is 5.59. The van der Waals surface area contributed by atoms with Crippen molar-refractivity contribution in [2.75, 3.05) is 0 Å². The second-order valence-corrected chi connectivity index (χ2v) is 8.07. The largest absolute Gasteiger partial charge is 0.223 e. The zero-order valence-electron chi connectivity index (χ0n) is 11.7. The fourth-order valence-electron chi connectivity index (χ4n) is 2.10. The minimum Gasteiger partial charge on any atom is -0.223 e. The summed E-state index contributed by atoms with van der Waals surface area (Å²) in [5.74, 6) is 2.00. The van der Waals surface area contributed by atoms with Crippen molar-refractivity contribution in [3.63, 3.8) is 0 Å². The van der Waals surface area contributed by atoms with Crippen LogP contribution in [0.5, 0.6) is 0 Å². The predicted octanol–water partition coefficient (Wildman–Crippen LogP) is 3.97. The van der Waals surface area contributed by atoms with Gasteiger partial charge in [0.2, 0.25) is 0 Å². The third kappa shape index (κ3) is 4.31. The van der Waals surface area contributed by atoms with Crippen molar-refractivity contribution < 1.29 is 12.8 Å². The van der Waals surface area contributed by atoms with Crippen LogP contribution in [-0.4, -0.2) is 8.42 Å². The van der Waals surface area contributed by atoms with E-state index in [1.54, 1.807) is 0 Å². The van der Waals surface area contributed by atoms with Gasteiger partial charge in [-0.25, -0.2) is 12.8 Å². The highest BCUT2D eigenvalue weighted by atomic mass is 127. The summed E-state index contributed by atoms with van der Waals surface area (Å²) in [6.45, 7) is 0. The lowest BCUT2D eigenvalue weighted by Crippen LogP contribution is -2.07. The van der Waals surface area contributed by atoms with Crippen LogP contribution in [0, 0.1) is 21.7 Å². The van der Waals surface area contributed by atoms with Crippen LogP contribution < -0.4 is 0 Å². The van der Waals surface area contributed by atoms with Crippen molar-refractivity contribution >= 4 is 32.4 Å². The maximum absolute atomic E-state index is 12.9. The number of benzene rings is 2. The van der Waals surface area contributed by atoms with E-state index in [-0.39, 0.29) is 10.6 Å². The summed E-state index contributed by atoms with van der Waals surface area (Å²) in [5.41, 5.74) is 1.68. The minimum absolute atomic E-state index is 0.116. The molecule has 0 saturated carbocycles. The first kappa shape index (κ1) is 17.0. The second kappa shape index (κ2) is 7.25. The first-order valence-electron chi connectivity index (χ1n) is 6.61. The first-order chi connectivity index (χ1) is 10.4. The Labute approximate surface area is 143 Å². The SMILES string of the molecule is C#CCCc1cc(I)ccc1CS(=O)(=O)c1ccc(F)cc1. The van der Waals surface area contributed by atoms with Gasteiger partial charge in [-0.3, -0.25) is 0 Å². The summed E-state index contributed by atoms with van der Waals surface area (Å²) in [4.78, 5) is 0.121. The molecule has 0 heterocycles. The molecule has 0 aromatic heterocycles. The second-order valence-electron chi connectivity index (χ2n) is 4.83. The quantitative estimate of drug-likeness (QED) is 0.411. The number of halogens is 2. The maximum Gasteiger partial charge on any atom is 0.182 e. The van der Waals surface area contributed by atoms with Crippen LogP contribution in [0.25, 0.3) is 0 Å². The van der Waals surface area contributed by atoms with Crippen LogP contribution in [0.15, 0.2) is 47.4 Å². The molecular weight excluding hydrogens is 414 g/mol. The molecule has 0 spiro atoms. The van der Waals surface area contributed by atoms with Gasteiger partial charge in [0.15, 0.2) is 9.84 Å². The summed E-state index contributed by atoms with van der Waals surface area (Å²) < 4.78 is 38.9. The normalized spacial score (nSPS) is 11.1. The summed E-state index contributed by atoms with van der Waals surface area (Å²) >= 11 is 2.18. The summed E-state index contributed by atoms with van der Waals surface area (Å²) in [6.07, 6.45) is 6.49. The zero-order chi connectivity index (χ0) is 16.2. The molecule has 2 aromatic rings. The Morgan fingerprint density at radius 2 is 1.77 bits per heavy atom. The lowest BCUT2D eigenvalue weighted by Gasteiger charge is -2.10. The van der Waals surface area contributed by atoms with Gasteiger partial charge < -0.3 is 0 Å². The van der Waals surface area contributed by atoms with Gasteiger partial charge in [0.05, 0.1) is 10.6 Å². The number of terminal acetylenes is 1. The molecule has 0 unspecified atom stereocenters. The lowest BCUT2D eigenvalue weighted by molar-refractivity contribution is 0.593. The molecule has 2 nitrogen and oxygen atoms in total. The Hall–Kier alpha value is -1.39. The van der Waals surface area contributed by atoms with Gasteiger partial charge >= 0.3 is 0 Å². The van der Waals surface area contributed by atoms with Crippen molar-refractivity contribution in [3.05, 3.63) is 63.0 Å². The van der Waals surface area contributed by atoms with Gasteiger partial charge in [0, 0.05) is 9.99 Å². The van der Waals surface area contributed by atoms with Gasteiger partial charge in [-0.15, -0.1) is 12.3 Å². The summed E-state index contributed by atoms with van der Waals surface area (Å²) in [7, 11) is -3.51. The molecule has 0 amide bonds. The fraction of sp³-hybridized carbons (Fsp3) is 0.176. The summed E-state index contributed by atoms with van der Waals surface area (Å²) in [5, 5.41) is 0. The average Bonchev–Trinajstić information content (AvgIpc) is 2.48. The molecule has 0 fully saturated rings. The molecular formula is C17H14FIO2S. The van der Waals surface area contributed by atoms with Crippen LogP contribution in [0.4, 0.5) is 4.39 Å². The standard InChI is InChI=1S/C17H14FIO2S/c1-2-3-4-13-11-16(19)8-5-14(13)12-22(20,21)17-9-6-15(18)7-10-17/h1,5-11H,3-4,12H2. The third-order valence-corrected chi connectivity index (χ3v) is 5.58. The molecule has 0 aliphatic carbocycles. The number of sulfone groups is 1. The highest BCUT2D eigenvalue weighted by Crippen LogP contribution is 2.22. The molecule has 0 N–H and O–H groups in total. The number of rotatable bonds is 5.